The fourth-order valence-corrected chi connectivity index (χ4v) is 6.60. The molecule has 4 heteroatoms. The Morgan fingerprint density at radius 1 is 0.680 bits per heavy atom. The quantitative estimate of drug-likeness (QED) is 0.0996. The third kappa shape index (κ3) is 29.3. The summed E-state index contributed by atoms with van der Waals surface area (Å²) in [6.07, 6.45) is 17.6. The van der Waals surface area contributed by atoms with Gasteiger partial charge in [-0.15, -0.1) is 0 Å². The van der Waals surface area contributed by atoms with Gasteiger partial charge in [0.05, 0.1) is 7.11 Å². The van der Waals surface area contributed by atoms with Crippen LogP contribution in [-0.4, -0.2) is 34.2 Å². The minimum atomic E-state index is -0.259. The van der Waals surface area contributed by atoms with Crippen LogP contribution in [-0.2, 0) is 14.6 Å². The van der Waals surface area contributed by atoms with Crippen LogP contribution in [0, 0.1) is 0 Å². The van der Waals surface area contributed by atoms with Crippen LogP contribution in [0.25, 0.3) is 0 Å². The average Bonchev–Trinajstić information content (AvgIpc) is 2.61. The molecular formula is C21H44O3Sn. The molecule has 25 heavy (non-hydrogen) atoms. The predicted molar refractivity (Wildman–Crippen MR) is 110 cm³/mol. The van der Waals surface area contributed by atoms with Crippen molar-refractivity contribution in [3.8, 4) is 0 Å². The maximum absolute atomic E-state index is 10.9. The number of unbranched alkanes of at least 4 members (excludes halogenated alkanes) is 10. The summed E-state index contributed by atoms with van der Waals surface area (Å²) >= 11 is 0.149. The summed E-state index contributed by atoms with van der Waals surface area (Å²) in [4.78, 5) is 19.6. The normalized spacial score (nSPS) is 10.2. The third-order valence-electron chi connectivity index (χ3n) is 4.07. The topological polar surface area (TPSA) is 35.5 Å². The second kappa shape index (κ2) is 26.5. The van der Waals surface area contributed by atoms with Crippen LogP contribution in [0.15, 0.2) is 0 Å². The molecule has 0 aliphatic heterocycles. The van der Waals surface area contributed by atoms with Crippen molar-refractivity contribution in [1.82, 2.24) is 0 Å². The molecule has 0 aliphatic rings. The van der Waals surface area contributed by atoms with E-state index >= 15 is 0 Å². The fraction of sp³-hybridized carbons (Fsp3) is 0.952. The van der Waals surface area contributed by atoms with Gasteiger partial charge in [-0.25, -0.2) is 4.79 Å². The third-order valence-corrected chi connectivity index (χ3v) is 8.11. The summed E-state index contributed by atoms with van der Waals surface area (Å²) in [5.41, 5.74) is 0. The Kier molecular flexibility index (Phi) is 29.0. The van der Waals surface area contributed by atoms with Gasteiger partial charge in [0.25, 0.3) is 0 Å². The van der Waals surface area contributed by atoms with Gasteiger partial charge in [0, 0.05) is 6.42 Å². The number of rotatable bonds is 17. The van der Waals surface area contributed by atoms with Gasteiger partial charge in [0.1, 0.15) is 0 Å². The Labute approximate surface area is 168 Å². The van der Waals surface area contributed by atoms with Crippen molar-refractivity contribution >= 4 is 27.1 Å². The van der Waals surface area contributed by atoms with Gasteiger partial charge in [-0.3, -0.25) is 4.89 Å². The van der Waals surface area contributed by atoms with Gasteiger partial charge < -0.3 is 0 Å². The van der Waals surface area contributed by atoms with Crippen LogP contribution in [0.1, 0.15) is 111 Å². The monoisotopic (exact) mass is 464 g/mol. The molecule has 0 heterocycles. The first-order valence-corrected chi connectivity index (χ1v) is 14.7. The van der Waals surface area contributed by atoms with Crippen LogP contribution in [0.4, 0.5) is 0 Å². The van der Waals surface area contributed by atoms with Crippen molar-refractivity contribution in [3.05, 3.63) is 0 Å². The Balaban J connectivity index is 0. The fourth-order valence-electron chi connectivity index (χ4n) is 2.44. The number of hydrogen-bond acceptors (Lipinski definition) is 3. The molecule has 0 aromatic heterocycles. The molecule has 2 radical (unpaired) electrons. The van der Waals surface area contributed by atoms with Crippen LogP contribution < -0.4 is 0 Å². The van der Waals surface area contributed by atoms with Gasteiger partial charge in [-0.1, -0.05) is 58.3 Å². The Morgan fingerprint density at radius 2 is 1.12 bits per heavy atom. The summed E-state index contributed by atoms with van der Waals surface area (Å²) in [6, 6.07) is 0. The van der Waals surface area contributed by atoms with Crippen molar-refractivity contribution in [1.29, 1.82) is 0 Å². The molecule has 0 rings (SSSR count). The van der Waals surface area contributed by atoms with Crippen molar-refractivity contribution in [2.45, 2.75) is 120 Å². The molecule has 0 saturated heterocycles. The zero-order valence-electron chi connectivity index (χ0n) is 17.5. The Bertz CT molecular complexity index is 241. The average molecular weight is 463 g/mol. The first-order chi connectivity index (χ1) is 12.2. The van der Waals surface area contributed by atoms with E-state index in [1.807, 2.05) is 0 Å². The Hall–Kier alpha value is 0.229. The second-order valence-electron chi connectivity index (χ2n) is 6.66. The molecule has 0 fully saturated rings. The zero-order chi connectivity index (χ0) is 19.0. The molecular weight excluding hydrogens is 419 g/mol. The SMILES string of the molecule is CCCCCCCCCCCC(=O)OOC.CCC[CH2][Sn][CH2]CCC. The zero-order valence-corrected chi connectivity index (χ0v) is 20.4. The standard InChI is InChI=1S/C13H26O3.2C4H9.Sn/c1-3-4-5-6-7-8-9-10-11-12-13(14)16-15-2;2*1-3-4-2;/h3-12H2,1-2H3;2*1,3-4H2,2H3;. The summed E-state index contributed by atoms with van der Waals surface area (Å²) in [6.45, 7) is 6.82. The Morgan fingerprint density at radius 3 is 1.56 bits per heavy atom. The molecule has 0 aliphatic carbocycles. The molecule has 3 nitrogen and oxygen atoms in total. The van der Waals surface area contributed by atoms with Gasteiger partial charge in [-0.05, 0) is 6.42 Å². The van der Waals surface area contributed by atoms with Gasteiger partial charge in [0.15, 0.2) is 0 Å². The van der Waals surface area contributed by atoms with Gasteiger partial charge in [-0.2, -0.15) is 4.89 Å². The molecule has 0 unspecified atom stereocenters. The molecule has 0 bridgehead atoms. The van der Waals surface area contributed by atoms with Crippen molar-refractivity contribution in [3.63, 3.8) is 0 Å². The summed E-state index contributed by atoms with van der Waals surface area (Å²) < 4.78 is 3.25. The van der Waals surface area contributed by atoms with Crippen LogP contribution in [0.5, 0.6) is 0 Å². The van der Waals surface area contributed by atoms with E-state index in [-0.39, 0.29) is 27.1 Å². The van der Waals surface area contributed by atoms with E-state index in [0.29, 0.717) is 6.42 Å². The van der Waals surface area contributed by atoms with E-state index in [4.69, 9.17) is 0 Å². The second-order valence-corrected chi connectivity index (χ2v) is 10.9. The molecule has 0 atom stereocenters. The van der Waals surface area contributed by atoms with Crippen LogP contribution in [0.2, 0.25) is 8.87 Å². The van der Waals surface area contributed by atoms with Crippen molar-refractivity contribution < 1.29 is 14.6 Å². The van der Waals surface area contributed by atoms with E-state index < -0.39 is 0 Å². The van der Waals surface area contributed by atoms with E-state index in [9.17, 15) is 4.79 Å². The summed E-state index contributed by atoms with van der Waals surface area (Å²) in [7, 11) is 1.36. The molecule has 0 aromatic rings. The number of carbonyl (C=O) groups excluding carboxylic acids is 1. The maximum atomic E-state index is 10.9. The first kappa shape index (κ1) is 27.4. The number of hydrogen-bond donors (Lipinski definition) is 0. The van der Waals surface area contributed by atoms with Crippen LogP contribution >= 0.6 is 0 Å². The summed E-state index contributed by atoms with van der Waals surface area (Å²) in [5.74, 6) is -0.259. The van der Waals surface area contributed by atoms with Crippen molar-refractivity contribution in [2.24, 2.45) is 0 Å². The minimum absolute atomic E-state index is 0.149. The van der Waals surface area contributed by atoms with Gasteiger partial charge >= 0.3 is 75.5 Å². The van der Waals surface area contributed by atoms with Crippen LogP contribution in [0.3, 0.4) is 0 Å². The molecule has 0 N–H and O–H groups in total. The molecule has 150 valence electrons. The van der Waals surface area contributed by atoms with Crippen molar-refractivity contribution in [2.75, 3.05) is 7.11 Å². The molecule has 0 spiro atoms. The molecule has 0 saturated carbocycles. The van der Waals surface area contributed by atoms with Gasteiger partial charge in [0.2, 0.25) is 0 Å². The molecule has 0 aromatic carbocycles. The van der Waals surface area contributed by atoms with E-state index in [2.05, 4.69) is 30.5 Å². The predicted octanol–water partition coefficient (Wildman–Crippen LogP) is 7.14. The first-order valence-electron chi connectivity index (χ1n) is 10.7. The van der Waals surface area contributed by atoms with E-state index in [0.717, 1.165) is 12.8 Å². The number of carbonyl (C=O) groups is 1. The summed E-state index contributed by atoms with van der Waals surface area (Å²) in [5, 5.41) is 0. The van der Waals surface area contributed by atoms with E-state index in [1.165, 1.54) is 77.7 Å². The molecule has 0 amide bonds. The van der Waals surface area contributed by atoms with E-state index in [1.54, 1.807) is 8.87 Å².